The molecule has 0 radical (unpaired) electrons. The standard InChI is InChI=1S/C33H40F3NO8/c1-19(40)12-29(42)27(18-39)22(10-11-38)13-21-15-26-28(37(2)3)17-23(32(44)31(26)30(43)16-21)6-7-24(41)14-20-4-8-25(9-5-20)45-33(34,35)36/h4-5,8-9,17,21-22,27,38-39,44H,6-7,10-16,18H2,1-3H3. The molecule has 3 atom stereocenters. The Hall–Kier alpha value is -3.77. The number of aliphatic hydroxyl groups excluding tert-OH is 2. The molecule has 0 aliphatic heterocycles. The predicted octanol–water partition coefficient (Wildman–Crippen LogP) is 4.39. The first-order valence-corrected chi connectivity index (χ1v) is 14.8. The number of anilines is 1. The molecule has 0 aromatic heterocycles. The van der Waals surface area contributed by atoms with Crippen molar-refractivity contribution < 1.29 is 52.4 Å². The number of ketones is 4. The summed E-state index contributed by atoms with van der Waals surface area (Å²) in [5, 5.41) is 30.8. The summed E-state index contributed by atoms with van der Waals surface area (Å²) in [6, 6.07) is 6.75. The maximum atomic E-state index is 13.5. The van der Waals surface area contributed by atoms with Crippen molar-refractivity contribution in [2.45, 2.75) is 64.7 Å². The number of alkyl halides is 3. The van der Waals surface area contributed by atoms with Gasteiger partial charge in [0, 0.05) is 51.6 Å². The molecule has 0 fully saturated rings. The molecular formula is C33H40F3NO8. The molecule has 0 amide bonds. The summed E-state index contributed by atoms with van der Waals surface area (Å²) in [5.41, 5.74) is 2.43. The molecule has 1 aliphatic carbocycles. The number of rotatable bonds is 16. The Morgan fingerprint density at radius 2 is 1.76 bits per heavy atom. The Labute approximate surface area is 260 Å². The van der Waals surface area contributed by atoms with E-state index in [1.165, 1.54) is 19.1 Å². The first-order chi connectivity index (χ1) is 21.1. The third-order valence-electron chi connectivity index (χ3n) is 8.16. The number of carbonyl (C=O) groups excluding carboxylic acids is 4. The zero-order valence-electron chi connectivity index (χ0n) is 25.7. The van der Waals surface area contributed by atoms with Crippen LogP contribution in [0.25, 0.3) is 0 Å². The van der Waals surface area contributed by atoms with E-state index in [2.05, 4.69) is 4.74 Å². The topological polar surface area (TPSA) is 141 Å². The molecule has 0 bridgehead atoms. The number of phenols is 1. The number of hydrogen-bond donors (Lipinski definition) is 3. The lowest BCUT2D eigenvalue weighted by atomic mass is 9.73. The Morgan fingerprint density at radius 3 is 2.31 bits per heavy atom. The predicted molar refractivity (Wildman–Crippen MR) is 159 cm³/mol. The second kappa shape index (κ2) is 15.5. The van der Waals surface area contributed by atoms with E-state index >= 15 is 0 Å². The monoisotopic (exact) mass is 635 g/mol. The van der Waals surface area contributed by atoms with Crippen LogP contribution in [0.4, 0.5) is 18.9 Å². The zero-order chi connectivity index (χ0) is 33.5. The summed E-state index contributed by atoms with van der Waals surface area (Å²) in [6.45, 7) is 0.593. The third kappa shape index (κ3) is 9.86. The first-order valence-electron chi connectivity index (χ1n) is 14.8. The number of benzene rings is 2. The highest BCUT2D eigenvalue weighted by atomic mass is 19.4. The molecule has 0 saturated carbocycles. The van der Waals surface area contributed by atoms with Crippen LogP contribution in [0.5, 0.6) is 11.5 Å². The lowest BCUT2D eigenvalue weighted by Gasteiger charge is -2.33. The molecule has 3 N–H and O–H groups in total. The Balaban J connectivity index is 1.77. The van der Waals surface area contributed by atoms with Crippen LogP contribution in [0.1, 0.15) is 66.1 Å². The number of carbonyl (C=O) groups is 4. The lowest BCUT2D eigenvalue weighted by Crippen LogP contribution is -2.33. The summed E-state index contributed by atoms with van der Waals surface area (Å²) in [6.07, 6.45) is -3.95. The number of hydrogen-bond acceptors (Lipinski definition) is 9. The lowest BCUT2D eigenvalue weighted by molar-refractivity contribution is -0.274. The number of aromatic hydroxyl groups is 1. The van der Waals surface area contributed by atoms with E-state index in [-0.39, 0.29) is 85.5 Å². The van der Waals surface area contributed by atoms with Gasteiger partial charge >= 0.3 is 6.36 Å². The van der Waals surface area contributed by atoms with Gasteiger partial charge in [0.25, 0.3) is 0 Å². The van der Waals surface area contributed by atoms with E-state index in [0.717, 1.165) is 12.1 Å². The normalized spacial score (nSPS) is 16.1. The second-order valence-corrected chi connectivity index (χ2v) is 11.9. The van der Waals surface area contributed by atoms with E-state index in [1.807, 2.05) is 4.90 Å². The largest absolute Gasteiger partial charge is 0.573 e. The van der Waals surface area contributed by atoms with Gasteiger partial charge in [0.05, 0.1) is 18.6 Å². The Bertz CT molecular complexity index is 1390. The Kier molecular flexibility index (Phi) is 12.3. The highest BCUT2D eigenvalue weighted by Crippen LogP contribution is 2.42. The minimum absolute atomic E-state index is 0.0243. The van der Waals surface area contributed by atoms with Crippen molar-refractivity contribution in [3.05, 3.63) is 52.6 Å². The van der Waals surface area contributed by atoms with Gasteiger partial charge in [0.15, 0.2) is 5.78 Å². The summed E-state index contributed by atoms with van der Waals surface area (Å²) >= 11 is 0. The first kappa shape index (κ1) is 35.7. The van der Waals surface area contributed by atoms with Gasteiger partial charge in [-0.15, -0.1) is 13.2 Å². The second-order valence-electron chi connectivity index (χ2n) is 11.9. The van der Waals surface area contributed by atoms with Gasteiger partial charge in [0.2, 0.25) is 0 Å². The van der Waals surface area contributed by atoms with Gasteiger partial charge < -0.3 is 25.0 Å². The number of fused-ring (bicyclic) bond motifs is 1. The summed E-state index contributed by atoms with van der Waals surface area (Å²) in [7, 11) is 3.58. The van der Waals surface area contributed by atoms with Crippen molar-refractivity contribution in [2.24, 2.45) is 17.8 Å². The van der Waals surface area contributed by atoms with E-state index in [1.54, 1.807) is 20.2 Å². The molecule has 9 nitrogen and oxygen atoms in total. The van der Waals surface area contributed by atoms with Gasteiger partial charge in [-0.3, -0.25) is 19.2 Å². The average Bonchev–Trinajstić information content (AvgIpc) is 2.92. The fourth-order valence-electron chi connectivity index (χ4n) is 6.11. The van der Waals surface area contributed by atoms with Crippen LogP contribution in [0.15, 0.2) is 30.3 Å². The molecule has 0 heterocycles. The van der Waals surface area contributed by atoms with Gasteiger partial charge in [0.1, 0.15) is 28.8 Å². The molecule has 12 heteroatoms. The fraction of sp³-hybridized carbons (Fsp3) is 0.515. The smallest absolute Gasteiger partial charge is 0.507 e. The molecule has 45 heavy (non-hydrogen) atoms. The van der Waals surface area contributed by atoms with Crippen LogP contribution in [0.2, 0.25) is 0 Å². The average molecular weight is 636 g/mol. The number of nitrogens with zero attached hydrogens (tertiary/aromatic N) is 1. The van der Waals surface area contributed by atoms with Crippen LogP contribution in [0, 0.1) is 17.8 Å². The van der Waals surface area contributed by atoms with Crippen molar-refractivity contribution in [3.63, 3.8) is 0 Å². The van der Waals surface area contributed by atoms with E-state index in [0.29, 0.717) is 35.2 Å². The van der Waals surface area contributed by atoms with Gasteiger partial charge in [-0.25, -0.2) is 0 Å². The highest BCUT2D eigenvalue weighted by molar-refractivity contribution is 6.03. The van der Waals surface area contributed by atoms with Gasteiger partial charge in [-0.1, -0.05) is 12.1 Å². The van der Waals surface area contributed by atoms with Crippen LogP contribution < -0.4 is 9.64 Å². The summed E-state index contributed by atoms with van der Waals surface area (Å²) in [5.74, 6) is -3.33. The van der Waals surface area contributed by atoms with Crippen LogP contribution in [-0.2, 0) is 33.6 Å². The van der Waals surface area contributed by atoms with Gasteiger partial charge in [-0.05, 0) is 79.3 Å². The van der Waals surface area contributed by atoms with Crippen molar-refractivity contribution in [2.75, 3.05) is 32.2 Å². The van der Waals surface area contributed by atoms with Crippen molar-refractivity contribution in [1.82, 2.24) is 0 Å². The van der Waals surface area contributed by atoms with Crippen molar-refractivity contribution in [1.29, 1.82) is 0 Å². The number of ether oxygens (including phenoxy) is 1. The molecule has 3 rings (SSSR count). The SMILES string of the molecule is CC(=O)CC(=O)C(CO)C(CCO)CC1CC(=O)c2c(O)c(CCC(=O)Cc3ccc(OC(F)(F)F)cc3)cc(N(C)C)c2C1. The van der Waals surface area contributed by atoms with E-state index in [9.17, 15) is 47.7 Å². The molecule has 0 saturated heterocycles. The summed E-state index contributed by atoms with van der Waals surface area (Å²) in [4.78, 5) is 52.2. The minimum Gasteiger partial charge on any atom is -0.507 e. The minimum atomic E-state index is -4.81. The maximum Gasteiger partial charge on any atom is 0.573 e. The molecule has 1 aliphatic rings. The molecule has 2 aromatic carbocycles. The quantitative estimate of drug-likeness (QED) is 0.229. The molecule has 3 unspecified atom stereocenters. The highest BCUT2D eigenvalue weighted by Gasteiger charge is 2.36. The van der Waals surface area contributed by atoms with Crippen molar-refractivity contribution in [3.8, 4) is 11.5 Å². The molecule has 0 spiro atoms. The third-order valence-corrected chi connectivity index (χ3v) is 8.16. The number of aryl methyl sites for hydroxylation is 1. The van der Waals surface area contributed by atoms with E-state index < -0.39 is 30.6 Å². The molecule has 246 valence electrons. The molecule has 2 aromatic rings. The number of halogens is 3. The van der Waals surface area contributed by atoms with E-state index in [4.69, 9.17) is 0 Å². The van der Waals surface area contributed by atoms with Crippen LogP contribution in [-0.4, -0.2) is 72.1 Å². The number of Topliss-reactive ketones (excluding diaryl/α,β-unsaturated/α-hetero) is 4. The summed E-state index contributed by atoms with van der Waals surface area (Å²) < 4.78 is 41.0. The zero-order valence-corrected chi connectivity index (χ0v) is 25.7. The number of aliphatic hydroxyl groups is 2. The Morgan fingerprint density at radius 1 is 1.09 bits per heavy atom. The van der Waals surface area contributed by atoms with Gasteiger partial charge in [-0.2, -0.15) is 0 Å². The fourth-order valence-corrected chi connectivity index (χ4v) is 6.11. The van der Waals surface area contributed by atoms with Crippen LogP contribution >= 0.6 is 0 Å². The molecular weight excluding hydrogens is 595 g/mol. The van der Waals surface area contributed by atoms with Crippen molar-refractivity contribution >= 4 is 28.8 Å². The maximum absolute atomic E-state index is 13.5. The number of phenolic OH excluding ortho intramolecular Hbond substituents is 1. The van der Waals surface area contributed by atoms with Crippen LogP contribution in [0.3, 0.4) is 0 Å².